The van der Waals surface area contributed by atoms with Crippen molar-refractivity contribution in [1.82, 2.24) is 5.32 Å². The Morgan fingerprint density at radius 3 is 2.30 bits per heavy atom. The molecule has 20 heavy (non-hydrogen) atoms. The molecule has 0 spiro atoms. The summed E-state index contributed by atoms with van der Waals surface area (Å²) in [6.07, 6.45) is 0.692. The molecule has 0 bridgehead atoms. The topological polar surface area (TPSA) is 63.2 Å². The van der Waals surface area contributed by atoms with E-state index in [1.807, 2.05) is 20.8 Å². The largest absolute Gasteiger partial charge is 0.347 e. The van der Waals surface area contributed by atoms with E-state index in [4.69, 9.17) is 33.9 Å². The van der Waals surface area contributed by atoms with Gasteiger partial charge >= 0.3 is 0 Å². The van der Waals surface area contributed by atoms with E-state index in [1.165, 1.54) is 0 Å². The van der Waals surface area contributed by atoms with Gasteiger partial charge in [-0.25, -0.2) is 8.42 Å². The second-order valence-corrected chi connectivity index (χ2v) is 8.25. The number of amides is 1. The summed E-state index contributed by atoms with van der Waals surface area (Å²) in [6.45, 7) is 5.58. The summed E-state index contributed by atoms with van der Waals surface area (Å²) in [7, 11) is 1.26. The maximum absolute atomic E-state index is 12.2. The molecule has 0 heterocycles. The third kappa shape index (κ3) is 4.25. The Bertz CT molecular complexity index is 642. The molecule has 0 atom stereocenters. The summed E-state index contributed by atoms with van der Waals surface area (Å²) in [5.74, 6) is -0.508. The van der Waals surface area contributed by atoms with Crippen molar-refractivity contribution in [3.63, 3.8) is 0 Å². The molecule has 1 N–H and O–H groups in total. The van der Waals surface area contributed by atoms with Crippen molar-refractivity contribution < 1.29 is 13.2 Å². The van der Waals surface area contributed by atoms with Crippen molar-refractivity contribution in [3.8, 4) is 0 Å². The van der Waals surface area contributed by atoms with Crippen molar-refractivity contribution in [2.75, 3.05) is 0 Å². The van der Waals surface area contributed by atoms with Crippen LogP contribution in [0.25, 0.3) is 0 Å². The number of carbonyl (C=O) groups excluding carboxylic acids is 1. The van der Waals surface area contributed by atoms with Crippen LogP contribution < -0.4 is 5.32 Å². The Morgan fingerprint density at radius 1 is 1.30 bits per heavy atom. The Balaban J connectivity index is 3.31. The maximum atomic E-state index is 12.2. The molecule has 1 aromatic rings. The summed E-state index contributed by atoms with van der Waals surface area (Å²) in [5.41, 5.74) is -0.483. The average Bonchev–Trinajstić information content (AvgIpc) is 2.30. The van der Waals surface area contributed by atoms with E-state index in [0.29, 0.717) is 6.42 Å². The van der Waals surface area contributed by atoms with Crippen LogP contribution in [0.4, 0.5) is 0 Å². The highest BCUT2D eigenvalue weighted by molar-refractivity contribution is 8.13. The minimum Gasteiger partial charge on any atom is -0.347 e. The molecular weight excluding hydrogens is 345 g/mol. The lowest BCUT2D eigenvalue weighted by molar-refractivity contribution is 0.0911. The predicted octanol–water partition coefficient (Wildman–Crippen LogP) is 3.84. The van der Waals surface area contributed by atoms with Crippen LogP contribution in [0.2, 0.25) is 10.0 Å². The van der Waals surface area contributed by atoms with E-state index in [9.17, 15) is 13.2 Å². The Hall–Kier alpha value is -0.490. The van der Waals surface area contributed by atoms with E-state index in [0.717, 1.165) is 12.1 Å². The number of hydrogen-bond donors (Lipinski definition) is 1. The van der Waals surface area contributed by atoms with Crippen molar-refractivity contribution in [1.29, 1.82) is 0 Å². The number of hydrogen-bond acceptors (Lipinski definition) is 3. The SMILES string of the molecule is CCC(C)(C)NC(=O)c1cc(S(=O)(=O)Cl)cc(Cl)c1Cl. The van der Waals surface area contributed by atoms with Gasteiger partial charge in [0.15, 0.2) is 0 Å². The average molecular weight is 359 g/mol. The van der Waals surface area contributed by atoms with Crippen LogP contribution >= 0.6 is 33.9 Å². The van der Waals surface area contributed by atoms with Crippen molar-refractivity contribution in [2.24, 2.45) is 0 Å². The minimum atomic E-state index is -4.00. The molecule has 0 fully saturated rings. The van der Waals surface area contributed by atoms with Gasteiger partial charge in [-0.05, 0) is 32.4 Å². The lowest BCUT2D eigenvalue weighted by atomic mass is 10.0. The summed E-state index contributed by atoms with van der Waals surface area (Å²) in [6, 6.07) is 2.21. The van der Waals surface area contributed by atoms with Gasteiger partial charge < -0.3 is 5.32 Å². The predicted molar refractivity (Wildman–Crippen MR) is 81.3 cm³/mol. The molecule has 0 saturated carbocycles. The van der Waals surface area contributed by atoms with Crippen LogP contribution in [0.15, 0.2) is 17.0 Å². The van der Waals surface area contributed by atoms with Crippen LogP contribution in [-0.2, 0) is 9.05 Å². The first kappa shape index (κ1) is 17.6. The zero-order valence-electron chi connectivity index (χ0n) is 11.1. The first-order valence-corrected chi connectivity index (χ1v) is 8.80. The molecule has 1 aromatic carbocycles. The van der Waals surface area contributed by atoms with Crippen LogP contribution in [0.3, 0.4) is 0 Å². The highest BCUT2D eigenvalue weighted by atomic mass is 35.7. The standard InChI is InChI=1S/C12H14Cl3NO3S/c1-4-12(2,3)16-11(17)8-5-7(20(15,18)19)6-9(13)10(8)14/h5-6H,4H2,1-3H3,(H,16,17). The third-order valence-corrected chi connectivity index (χ3v) is 5.00. The van der Waals surface area contributed by atoms with Gasteiger partial charge in [0, 0.05) is 16.2 Å². The number of carbonyl (C=O) groups is 1. The third-order valence-electron chi connectivity index (χ3n) is 2.86. The maximum Gasteiger partial charge on any atom is 0.261 e. The monoisotopic (exact) mass is 357 g/mol. The molecular formula is C12H14Cl3NO3S. The molecule has 0 aliphatic heterocycles. The number of halogens is 3. The first-order valence-electron chi connectivity index (χ1n) is 5.74. The first-order chi connectivity index (χ1) is 8.98. The number of benzene rings is 1. The van der Waals surface area contributed by atoms with Crippen molar-refractivity contribution in [3.05, 3.63) is 27.7 Å². The van der Waals surface area contributed by atoms with Gasteiger partial charge in [0.2, 0.25) is 0 Å². The number of rotatable bonds is 4. The second-order valence-electron chi connectivity index (χ2n) is 4.90. The highest BCUT2D eigenvalue weighted by Gasteiger charge is 2.24. The Labute approximate surface area is 132 Å². The van der Waals surface area contributed by atoms with Crippen molar-refractivity contribution >= 4 is 48.8 Å². The molecule has 0 aromatic heterocycles. The molecule has 112 valence electrons. The summed E-state index contributed by atoms with van der Waals surface area (Å²) >= 11 is 11.8. The highest BCUT2D eigenvalue weighted by Crippen LogP contribution is 2.31. The van der Waals surface area contributed by atoms with Crippen molar-refractivity contribution in [2.45, 2.75) is 37.6 Å². The summed E-state index contributed by atoms with van der Waals surface area (Å²) in [5, 5.41) is 2.69. The molecule has 4 nitrogen and oxygen atoms in total. The normalized spacial score (nSPS) is 12.3. The van der Waals surface area contributed by atoms with E-state index in [2.05, 4.69) is 5.32 Å². The lowest BCUT2D eigenvalue weighted by Gasteiger charge is -2.24. The molecule has 1 rings (SSSR count). The second kappa shape index (κ2) is 6.10. The molecule has 0 aliphatic carbocycles. The molecule has 0 radical (unpaired) electrons. The smallest absolute Gasteiger partial charge is 0.261 e. The molecule has 8 heteroatoms. The van der Waals surface area contributed by atoms with Gasteiger partial charge in [-0.2, -0.15) is 0 Å². The van der Waals surface area contributed by atoms with E-state index >= 15 is 0 Å². The summed E-state index contributed by atoms with van der Waals surface area (Å²) < 4.78 is 22.7. The molecule has 1 amide bonds. The fraction of sp³-hybridized carbons (Fsp3) is 0.417. The fourth-order valence-electron chi connectivity index (χ4n) is 1.33. The zero-order chi connectivity index (χ0) is 15.7. The van der Waals surface area contributed by atoms with Crippen LogP contribution in [0.1, 0.15) is 37.6 Å². The molecule has 0 unspecified atom stereocenters. The fourth-order valence-corrected chi connectivity index (χ4v) is 2.60. The lowest BCUT2D eigenvalue weighted by Crippen LogP contribution is -2.42. The zero-order valence-corrected chi connectivity index (χ0v) is 14.2. The van der Waals surface area contributed by atoms with Gasteiger partial charge in [0.05, 0.1) is 20.5 Å². The number of nitrogens with one attached hydrogen (secondary N) is 1. The Morgan fingerprint density at radius 2 is 1.85 bits per heavy atom. The molecule has 0 saturated heterocycles. The van der Waals surface area contributed by atoms with Gasteiger partial charge in [-0.1, -0.05) is 30.1 Å². The quantitative estimate of drug-likeness (QED) is 0.832. The minimum absolute atomic E-state index is 0.0138. The van der Waals surface area contributed by atoms with Gasteiger partial charge in [-0.3, -0.25) is 4.79 Å². The van der Waals surface area contributed by atoms with E-state index < -0.39 is 20.5 Å². The van der Waals surface area contributed by atoms with E-state index in [-0.39, 0.29) is 20.5 Å². The molecule has 0 aliphatic rings. The Kier molecular flexibility index (Phi) is 5.35. The van der Waals surface area contributed by atoms with E-state index in [1.54, 1.807) is 0 Å². The van der Waals surface area contributed by atoms with Crippen LogP contribution in [0, 0.1) is 0 Å². The van der Waals surface area contributed by atoms with Crippen LogP contribution in [0.5, 0.6) is 0 Å². The van der Waals surface area contributed by atoms with Gasteiger partial charge in [0.1, 0.15) is 0 Å². The van der Waals surface area contributed by atoms with Gasteiger partial charge in [-0.15, -0.1) is 0 Å². The van der Waals surface area contributed by atoms with Crippen LogP contribution in [-0.4, -0.2) is 19.9 Å². The van der Waals surface area contributed by atoms with Gasteiger partial charge in [0.25, 0.3) is 15.0 Å². The summed E-state index contributed by atoms with van der Waals surface area (Å²) in [4.78, 5) is 11.9.